The van der Waals surface area contributed by atoms with Crippen LogP contribution in [0.25, 0.3) is 16.9 Å². The summed E-state index contributed by atoms with van der Waals surface area (Å²) in [5.74, 6) is 1.42. The molecule has 3 aromatic rings. The lowest BCUT2D eigenvalue weighted by molar-refractivity contribution is 0.0992. The van der Waals surface area contributed by atoms with Crippen LogP contribution in [0.2, 0.25) is 0 Å². The van der Waals surface area contributed by atoms with Crippen LogP contribution < -0.4 is 10.6 Å². The minimum Gasteiger partial charge on any atom is -0.394 e. The third-order valence-electron chi connectivity index (χ3n) is 5.74. The van der Waals surface area contributed by atoms with Crippen molar-refractivity contribution in [2.75, 3.05) is 37.0 Å². The minimum absolute atomic E-state index is 0.0186. The van der Waals surface area contributed by atoms with E-state index < -0.39 is 0 Å². The summed E-state index contributed by atoms with van der Waals surface area (Å²) in [6, 6.07) is 12.4. The number of para-hydroxylation sites is 1. The number of nitrogens with one attached hydrogen (secondary N) is 2. The van der Waals surface area contributed by atoms with Crippen molar-refractivity contribution >= 4 is 11.8 Å². The van der Waals surface area contributed by atoms with Gasteiger partial charge in [0.05, 0.1) is 42.5 Å². The van der Waals surface area contributed by atoms with Gasteiger partial charge in [0.1, 0.15) is 0 Å². The van der Waals surface area contributed by atoms with Gasteiger partial charge in [-0.3, -0.25) is 0 Å². The van der Waals surface area contributed by atoms with Gasteiger partial charge in [-0.1, -0.05) is 37.5 Å². The summed E-state index contributed by atoms with van der Waals surface area (Å²) in [6.07, 6.45) is 7.97. The third-order valence-corrected chi connectivity index (χ3v) is 5.74. The molecule has 1 aliphatic rings. The summed E-state index contributed by atoms with van der Waals surface area (Å²) >= 11 is 0. The Hall–Kier alpha value is -2.97. The zero-order chi connectivity index (χ0) is 22.2. The number of ether oxygens (including phenoxy) is 1. The highest BCUT2D eigenvalue weighted by molar-refractivity contribution is 5.76. The van der Waals surface area contributed by atoms with Gasteiger partial charge >= 0.3 is 0 Å². The van der Waals surface area contributed by atoms with E-state index in [1.807, 2.05) is 41.1 Å². The van der Waals surface area contributed by atoms with Gasteiger partial charge in [0.2, 0.25) is 5.95 Å². The van der Waals surface area contributed by atoms with Gasteiger partial charge in [-0.25, -0.2) is 14.6 Å². The van der Waals surface area contributed by atoms with Gasteiger partial charge in [-0.15, -0.1) is 5.10 Å². The first-order chi connectivity index (χ1) is 15.8. The number of anilines is 2. The van der Waals surface area contributed by atoms with E-state index in [-0.39, 0.29) is 6.61 Å². The molecule has 3 N–H and O–H groups in total. The molecular formula is C24H32N6O2. The minimum atomic E-state index is 0.0186. The zero-order valence-electron chi connectivity index (χ0n) is 18.6. The molecule has 1 saturated carbocycles. The molecule has 8 heteroatoms. The maximum absolute atomic E-state index is 8.90. The molecule has 170 valence electrons. The van der Waals surface area contributed by atoms with Crippen LogP contribution in [0.15, 0.2) is 42.6 Å². The van der Waals surface area contributed by atoms with E-state index in [1.165, 1.54) is 32.1 Å². The molecule has 0 atom stereocenters. The quantitative estimate of drug-likeness (QED) is 0.416. The summed E-state index contributed by atoms with van der Waals surface area (Å²) in [5, 5.41) is 20.6. The average molecular weight is 437 g/mol. The van der Waals surface area contributed by atoms with Crippen molar-refractivity contribution in [1.29, 1.82) is 0 Å². The van der Waals surface area contributed by atoms with Crippen LogP contribution in [0.5, 0.6) is 0 Å². The molecule has 32 heavy (non-hydrogen) atoms. The summed E-state index contributed by atoms with van der Waals surface area (Å²) in [5.41, 5.74) is 3.77. The normalized spacial score (nSPS) is 14.4. The van der Waals surface area contributed by atoms with E-state index in [0.29, 0.717) is 31.7 Å². The van der Waals surface area contributed by atoms with Crippen LogP contribution in [-0.2, 0) is 4.74 Å². The molecule has 0 spiro atoms. The second kappa shape index (κ2) is 11.1. The van der Waals surface area contributed by atoms with Crippen LogP contribution in [0, 0.1) is 6.92 Å². The SMILES string of the molecule is Cc1c(-c2ccnc(NC3CCCCC3)n2)c(NCCOCCO)nn1-c1ccccc1. The number of aliphatic hydroxyl groups is 1. The van der Waals surface area contributed by atoms with E-state index in [0.717, 1.165) is 28.5 Å². The van der Waals surface area contributed by atoms with Gasteiger partial charge in [-0.05, 0) is 38.0 Å². The number of nitrogens with zero attached hydrogens (tertiary/aromatic N) is 4. The lowest BCUT2D eigenvalue weighted by Crippen LogP contribution is -2.23. The van der Waals surface area contributed by atoms with Crippen LogP contribution in [-0.4, -0.2) is 57.3 Å². The largest absolute Gasteiger partial charge is 0.394 e. The Bertz CT molecular complexity index is 985. The second-order valence-corrected chi connectivity index (χ2v) is 8.06. The molecule has 8 nitrogen and oxygen atoms in total. The fourth-order valence-electron chi connectivity index (χ4n) is 4.16. The lowest BCUT2D eigenvalue weighted by Gasteiger charge is -2.22. The Kier molecular flexibility index (Phi) is 7.68. The molecule has 0 bridgehead atoms. The molecule has 0 amide bonds. The second-order valence-electron chi connectivity index (χ2n) is 8.06. The Balaban J connectivity index is 1.62. The van der Waals surface area contributed by atoms with Crippen molar-refractivity contribution in [2.24, 2.45) is 0 Å². The van der Waals surface area contributed by atoms with Crippen LogP contribution >= 0.6 is 0 Å². The Labute approximate surface area is 189 Å². The summed E-state index contributed by atoms with van der Waals surface area (Å²) in [7, 11) is 0. The first kappa shape index (κ1) is 22.2. The molecule has 0 aliphatic heterocycles. The van der Waals surface area contributed by atoms with Crippen molar-refractivity contribution in [1.82, 2.24) is 19.7 Å². The molecule has 1 fully saturated rings. The van der Waals surface area contributed by atoms with Crippen molar-refractivity contribution < 1.29 is 9.84 Å². The Morgan fingerprint density at radius 2 is 1.91 bits per heavy atom. The molecule has 2 aromatic heterocycles. The fourth-order valence-corrected chi connectivity index (χ4v) is 4.16. The van der Waals surface area contributed by atoms with Gasteiger partial charge in [0.15, 0.2) is 5.82 Å². The maximum atomic E-state index is 8.90. The smallest absolute Gasteiger partial charge is 0.223 e. The van der Waals surface area contributed by atoms with E-state index >= 15 is 0 Å². The molecule has 0 unspecified atom stereocenters. The highest BCUT2D eigenvalue weighted by atomic mass is 16.5. The maximum Gasteiger partial charge on any atom is 0.223 e. The van der Waals surface area contributed by atoms with E-state index in [1.54, 1.807) is 6.20 Å². The zero-order valence-corrected chi connectivity index (χ0v) is 18.6. The molecule has 2 heterocycles. The summed E-state index contributed by atoms with van der Waals surface area (Å²) < 4.78 is 7.33. The number of aliphatic hydroxyl groups excluding tert-OH is 1. The molecular weight excluding hydrogens is 404 g/mol. The first-order valence-electron chi connectivity index (χ1n) is 11.4. The lowest BCUT2D eigenvalue weighted by atomic mass is 9.96. The summed E-state index contributed by atoms with van der Waals surface area (Å²) in [6.45, 7) is 3.46. The highest BCUT2D eigenvalue weighted by Gasteiger charge is 2.20. The number of rotatable bonds is 10. The van der Waals surface area contributed by atoms with E-state index in [4.69, 9.17) is 19.9 Å². The molecule has 1 aliphatic carbocycles. The van der Waals surface area contributed by atoms with Gasteiger partial charge in [-0.2, -0.15) is 0 Å². The number of hydrogen-bond donors (Lipinski definition) is 3. The first-order valence-corrected chi connectivity index (χ1v) is 11.4. The van der Waals surface area contributed by atoms with Crippen molar-refractivity contribution in [3.63, 3.8) is 0 Å². The fraction of sp³-hybridized carbons (Fsp3) is 0.458. The molecule has 4 rings (SSSR count). The summed E-state index contributed by atoms with van der Waals surface area (Å²) in [4.78, 5) is 9.31. The highest BCUT2D eigenvalue weighted by Crippen LogP contribution is 2.32. The van der Waals surface area contributed by atoms with E-state index in [2.05, 4.69) is 22.5 Å². The average Bonchev–Trinajstić information content (AvgIpc) is 3.16. The monoisotopic (exact) mass is 436 g/mol. The van der Waals surface area contributed by atoms with Gasteiger partial charge < -0.3 is 20.5 Å². The Morgan fingerprint density at radius 1 is 1.09 bits per heavy atom. The molecule has 0 radical (unpaired) electrons. The van der Waals surface area contributed by atoms with Crippen molar-refractivity contribution in [3.05, 3.63) is 48.3 Å². The number of aromatic nitrogens is 4. The number of hydrogen-bond acceptors (Lipinski definition) is 7. The van der Waals surface area contributed by atoms with E-state index in [9.17, 15) is 0 Å². The topological polar surface area (TPSA) is 97.1 Å². The molecule has 0 saturated heterocycles. The predicted molar refractivity (Wildman–Crippen MR) is 126 cm³/mol. The van der Waals surface area contributed by atoms with Crippen LogP contribution in [0.1, 0.15) is 37.8 Å². The third kappa shape index (κ3) is 5.44. The van der Waals surface area contributed by atoms with Gasteiger partial charge in [0.25, 0.3) is 0 Å². The van der Waals surface area contributed by atoms with Crippen molar-refractivity contribution in [2.45, 2.75) is 45.1 Å². The van der Waals surface area contributed by atoms with Crippen molar-refractivity contribution in [3.8, 4) is 16.9 Å². The number of benzene rings is 1. The van der Waals surface area contributed by atoms with Crippen LogP contribution in [0.4, 0.5) is 11.8 Å². The van der Waals surface area contributed by atoms with Crippen LogP contribution in [0.3, 0.4) is 0 Å². The predicted octanol–water partition coefficient (Wildman–Crippen LogP) is 3.80. The van der Waals surface area contributed by atoms with Gasteiger partial charge in [0, 0.05) is 18.8 Å². The standard InChI is InChI=1S/C24H32N6O2/c1-18-22(21-12-13-26-24(28-21)27-19-8-4-2-5-9-19)23(25-14-16-32-17-15-31)29-30(18)20-10-6-3-7-11-20/h3,6-7,10-13,19,31H,2,4-5,8-9,14-17H2,1H3,(H,25,29)(H,26,27,28). The molecule has 1 aromatic carbocycles. The Morgan fingerprint density at radius 3 is 2.69 bits per heavy atom.